The maximum Gasteiger partial charge on any atom is 0.474 e. The number of hydrogen-bond acceptors (Lipinski definition) is 4. The van der Waals surface area contributed by atoms with Crippen LogP contribution in [0.25, 0.3) is 0 Å². The molecule has 5 heteroatoms. The third kappa shape index (κ3) is 19.8. The summed E-state index contributed by atoms with van der Waals surface area (Å²) in [5, 5.41) is 0. The fourth-order valence-corrected chi connectivity index (χ4v) is 6.31. The minimum atomic E-state index is -3.57. The van der Waals surface area contributed by atoms with E-state index in [0.29, 0.717) is 37.6 Å². The molecule has 0 aliphatic carbocycles. The normalized spacial score (nSPS) is 16.2. The molecule has 0 bridgehead atoms. The summed E-state index contributed by atoms with van der Waals surface area (Å²) >= 11 is 0. The minimum Gasteiger partial charge on any atom is -0.287 e. The summed E-state index contributed by atoms with van der Waals surface area (Å²) in [6.45, 7) is 14.8. The van der Waals surface area contributed by atoms with Crippen molar-refractivity contribution < 1.29 is 18.1 Å². The first kappa shape index (κ1) is 35.1. The zero-order valence-electron chi connectivity index (χ0n) is 24.7. The van der Waals surface area contributed by atoms with Gasteiger partial charge in [0.2, 0.25) is 0 Å². The van der Waals surface area contributed by atoms with Gasteiger partial charge in [-0.25, -0.2) is 4.57 Å². The van der Waals surface area contributed by atoms with Crippen LogP contribution in [-0.4, -0.2) is 19.8 Å². The van der Waals surface area contributed by atoms with Gasteiger partial charge < -0.3 is 0 Å². The monoisotopic (exact) mass is 518 g/mol. The summed E-state index contributed by atoms with van der Waals surface area (Å²) in [6.07, 6.45) is 21.1. The Balaban J connectivity index is 5.20. The average molecular weight is 519 g/mol. The zero-order valence-corrected chi connectivity index (χ0v) is 25.6. The van der Waals surface area contributed by atoms with E-state index in [2.05, 4.69) is 41.5 Å². The molecule has 35 heavy (non-hydrogen) atoms. The third-order valence-electron chi connectivity index (χ3n) is 7.14. The van der Waals surface area contributed by atoms with Crippen molar-refractivity contribution in [3.05, 3.63) is 0 Å². The SMILES string of the molecule is CCCCCC(CCC)COP(=O)(OCC(CCC)CCCCC)OCC(CCC)CCCCC. The second kappa shape index (κ2) is 24.4. The van der Waals surface area contributed by atoms with E-state index in [1.54, 1.807) is 0 Å². The van der Waals surface area contributed by atoms with Gasteiger partial charge in [-0.05, 0) is 56.3 Å². The Hall–Kier alpha value is 0.110. The van der Waals surface area contributed by atoms with Crippen LogP contribution in [0, 0.1) is 17.8 Å². The van der Waals surface area contributed by atoms with Crippen LogP contribution >= 0.6 is 7.82 Å². The van der Waals surface area contributed by atoms with Crippen molar-refractivity contribution in [2.75, 3.05) is 19.8 Å². The van der Waals surface area contributed by atoms with E-state index in [1.165, 1.54) is 57.8 Å². The van der Waals surface area contributed by atoms with Crippen molar-refractivity contribution in [3.63, 3.8) is 0 Å². The van der Waals surface area contributed by atoms with E-state index in [9.17, 15) is 4.57 Å². The molecule has 0 amide bonds. The Morgan fingerprint density at radius 3 is 0.943 bits per heavy atom. The van der Waals surface area contributed by atoms with Crippen molar-refractivity contribution in [3.8, 4) is 0 Å². The van der Waals surface area contributed by atoms with Crippen LogP contribution in [0.15, 0.2) is 0 Å². The van der Waals surface area contributed by atoms with Gasteiger partial charge in [-0.2, -0.15) is 0 Å². The first-order valence-electron chi connectivity index (χ1n) is 15.5. The molecule has 4 nitrogen and oxygen atoms in total. The third-order valence-corrected chi connectivity index (χ3v) is 8.54. The molecule has 0 aliphatic heterocycles. The van der Waals surface area contributed by atoms with Crippen LogP contribution in [0.1, 0.15) is 157 Å². The van der Waals surface area contributed by atoms with E-state index in [1.807, 2.05) is 0 Å². The Morgan fingerprint density at radius 1 is 0.429 bits per heavy atom. The van der Waals surface area contributed by atoms with Crippen molar-refractivity contribution in [2.24, 2.45) is 17.8 Å². The summed E-state index contributed by atoms with van der Waals surface area (Å²) in [6, 6.07) is 0. The lowest BCUT2D eigenvalue weighted by Gasteiger charge is -2.26. The maximum absolute atomic E-state index is 13.9. The highest BCUT2D eigenvalue weighted by atomic mass is 31.2. The molecule has 0 aromatic rings. The van der Waals surface area contributed by atoms with Gasteiger partial charge in [0.05, 0.1) is 19.8 Å². The quantitative estimate of drug-likeness (QED) is 0.0801. The summed E-state index contributed by atoms with van der Waals surface area (Å²) in [5.41, 5.74) is 0. The van der Waals surface area contributed by atoms with Gasteiger partial charge in [0, 0.05) is 0 Å². The predicted octanol–water partition coefficient (Wildman–Crippen LogP) is 11.1. The molecular formula is C30H63O4P. The van der Waals surface area contributed by atoms with Crippen LogP contribution < -0.4 is 0 Å². The molecule has 212 valence electrons. The largest absolute Gasteiger partial charge is 0.474 e. The summed E-state index contributed by atoms with van der Waals surface area (Å²) in [7, 11) is -3.57. The Bertz CT molecular complexity index is 418. The molecule has 0 aliphatic rings. The van der Waals surface area contributed by atoms with Gasteiger partial charge in [-0.3, -0.25) is 13.6 Å². The van der Waals surface area contributed by atoms with Gasteiger partial charge in [0.1, 0.15) is 0 Å². The lowest BCUT2D eigenvalue weighted by Crippen LogP contribution is -2.16. The molecule has 0 N–H and O–H groups in total. The van der Waals surface area contributed by atoms with E-state index < -0.39 is 7.82 Å². The highest BCUT2D eigenvalue weighted by molar-refractivity contribution is 7.48. The van der Waals surface area contributed by atoms with E-state index in [0.717, 1.165) is 57.8 Å². The number of rotatable bonds is 27. The molecule has 0 spiro atoms. The highest BCUT2D eigenvalue weighted by Gasteiger charge is 2.30. The molecule has 3 unspecified atom stereocenters. The van der Waals surface area contributed by atoms with Crippen LogP contribution in [0.4, 0.5) is 0 Å². The molecule has 0 saturated carbocycles. The fourth-order valence-electron chi connectivity index (χ4n) is 4.91. The molecule has 0 radical (unpaired) electrons. The van der Waals surface area contributed by atoms with Gasteiger partial charge in [0.25, 0.3) is 0 Å². The Labute approximate surface area is 220 Å². The topological polar surface area (TPSA) is 44.8 Å². The van der Waals surface area contributed by atoms with Crippen LogP contribution in [0.2, 0.25) is 0 Å². The number of unbranched alkanes of at least 4 members (excludes halogenated alkanes) is 6. The molecule has 0 fully saturated rings. The predicted molar refractivity (Wildman–Crippen MR) is 153 cm³/mol. The van der Waals surface area contributed by atoms with Crippen molar-refractivity contribution in [2.45, 2.75) is 157 Å². The second-order valence-corrected chi connectivity index (χ2v) is 12.5. The molecule has 0 aromatic carbocycles. The van der Waals surface area contributed by atoms with Gasteiger partial charge in [-0.15, -0.1) is 0 Å². The van der Waals surface area contributed by atoms with Gasteiger partial charge >= 0.3 is 7.82 Å². The lowest BCUT2D eigenvalue weighted by molar-refractivity contribution is 0.0711. The van der Waals surface area contributed by atoms with Crippen LogP contribution in [0.3, 0.4) is 0 Å². The molecule has 3 atom stereocenters. The maximum atomic E-state index is 13.9. The van der Waals surface area contributed by atoms with E-state index >= 15 is 0 Å². The zero-order chi connectivity index (χ0) is 26.2. The highest BCUT2D eigenvalue weighted by Crippen LogP contribution is 2.51. The van der Waals surface area contributed by atoms with Crippen molar-refractivity contribution in [1.29, 1.82) is 0 Å². The molecule has 0 heterocycles. The molecule has 0 saturated heterocycles. The van der Waals surface area contributed by atoms with Crippen LogP contribution in [0.5, 0.6) is 0 Å². The summed E-state index contributed by atoms with van der Waals surface area (Å²) < 4.78 is 32.1. The van der Waals surface area contributed by atoms with Crippen molar-refractivity contribution in [1.82, 2.24) is 0 Å². The smallest absolute Gasteiger partial charge is 0.287 e. The molecular weight excluding hydrogens is 455 g/mol. The van der Waals surface area contributed by atoms with Crippen molar-refractivity contribution >= 4 is 7.82 Å². The standard InChI is InChI=1S/C30H63O4P/c1-7-13-16-22-28(19-10-4)25-32-35(31,33-26-29(20-11-5)23-17-14-8-2)34-27-30(21-12-6)24-18-15-9-3/h28-30H,7-27H2,1-6H3. The van der Waals surface area contributed by atoms with E-state index in [4.69, 9.17) is 13.6 Å². The first-order chi connectivity index (χ1) is 17.0. The Morgan fingerprint density at radius 2 is 0.714 bits per heavy atom. The first-order valence-corrected chi connectivity index (χ1v) is 17.0. The second-order valence-electron chi connectivity index (χ2n) is 10.8. The number of hydrogen-bond donors (Lipinski definition) is 0. The van der Waals surface area contributed by atoms with Gasteiger partial charge in [-0.1, -0.05) is 119 Å². The van der Waals surface area contributed by atoms with Crippen LogP contribution in [-0.2, 0) is 18.1 Å². The number of phosphoric ester groups is 1. The van der Waals surface area contributed by atoms with E-state index in [-0.39, 0.29) is 0 Å². The molecule has 0 aromatic heterocycles. The summed E-state index contributed by atoms with van der Waals surface area (Å²) in [5.74, 6) is 1.29. The fraction of sp³-hybridized carbons (Fsp3) is 1.00. The summed E-state index contributed by atoms with van der Waals surface area (Å²) in [4.78, 5) is 0. The Kier molecular flexibility index (Phi) is 24.5. The average Bonchev–Trinajstić information content (AvgIpc) is 2.85. The minimum absolute atomic E-state index is 0.430. The lowest BCUT2D eigenvalue weighted by atomic mass is 9.98. The number of phosphoric acid groups is 1. The molecule has 0 rings (SSSR count). The van der Waals surface area contributed by atoms with Gasteiger partial charge in [0.15, 0.2) is 0 Å².